The number of ether oxygens (including phenoxy) is 2. The van der Waals surface area contributed by atoms with Crippen LogP contribution in [0.5, 0.6) is 5.75 Å². The van der Waals surface area contributed by atoms with Crippen molar-refractivity contribution in [3.63, 3.8) is 0 Å². The Morgan fingerprint density at radius 2 is 2.00 bits per heavy atom. The lowest BCUT2D eigenvalue weighted by atomic mass is 10.3. The lowest BCUT2D eigenvalue weighted by Crippen LogP contribution is -2.12. The summed E-state index contributed by atoms with van der Waals surface area (Å²) in [4.78, 5) is 28.3. The van der Waals surface area contributed by atoms with E-state index >= 15 is 0 Å². The van der Waals surface area contributed by atoms with Crippen LogP contribution in [0.4, 0.5) is 5.13 Å². The molecule has 0 aliphatic rings. The minimum absolute atomic E-state index is 0.157. The molecule has 1 aromatic carbocycles. The van der Waals surface area contributed by atoms with E-state index in [1.54, 1.807) is 13.8 Å². The highest BCUT2D eigenvalue weighted by atomic mass is 32.1. The van der Waals surface area contributed by atoms with Crippen molar-refractivity contribution >= 4 is 28.3 Å². The molecule has 2 aromatic rings. The summed E-state index contributed by atoms with van der Waals surface area (Å²) in [7, 11) is 0. The van der Waals surface area contributed by atoms with Gasteiger partial charge in [0.05, 0.1) is 18.9 Å². The van der Waals surface area contributed by atoms with Crippen molar-refractivity contribution in [1.82, 2.24) is 4.98 Å². The number of nitrogens with one attached hydrogen (secondary N) is 1. The first kappa shape index (κ1) is 17.9. The first-order valence-electron chi connectivity index (χ1n) is 7.72. The Morgan fingerprint density at radius 3 is 2.71 bits per heavy atom. The Labute approximate surface area is 144 Å². The molecule has 1 heterocycles. The third kappa shape index (κ3) is 5.34. The van der Waals surface area contributed by atoms with Gasteiger partial charge < -0.3 is 14.8 Å². The molecular weight excluding hydrogens is 328 g/mol. The lowest BCUT2D eigenvalue weighted by Gasteiger charge is -2.05. The number of amides is 1. The summed E-state index contributed by atoms with van der Waals surface area (Å²) in [5.41, 5.74) is 0.557. The van der Waals surface area contributed by atoms with Crippen LogP contribution in [-0.4, -0.2) is 30.1 Å². The molecule has 7 heteroatoms. The number of hydrogen-bond donors (Lipinski definition) is 1. The van der Waals surface area contributed by atoms with Crippen LogP contribution in [0.1, 0.15) is 35.1 Å². The number of anilines is 1. The van der Waals surface area contributed by atoms with Crippen LogP contribution in [0, 0.1) is 6.92 Å². The number of esters is 1. The Bertz CT molecular complexity index is 685. The molecule has 128 valence electrons. The van der Waals surface area contributed by atoms with Crippen molar-refractivity contribution in [3.05, 3.63) is 40.9 Å². The smallest absolute Gasteiger partial charge is 0.350 e. The average Bonchev–Trinajstić information content (AvgIpc) is 2.93. The quantitative estimate of drug-likeness (QED) is 0.584. The molecule has 0 radical (unpaired) electrons. The minimum Gasteiger partial charge on any atom is -0.494 e. The van der Waals surface area contributed by atoms with Gasteiger partial charge in [-0.2, -0.15) is 0 Å². The van der Waals surface area contributed by atoms with Gasteiger partial charge in [0, 0.05) is 6.42 Å². The third-order valence-corrected chi connectivity index (χ3v) is 4.12. The Balaban J connectivity index is 1.76. The van der Waals surface area contributed by atoms with Gasteiger partial charge in [-0.15, -0.1) is 0 Å². The molecule has 0 saturated heterocycles. The van der Waals surface area contributed by atoms with E-state index in [4.69, 9.17) is 9.47 Å². The molecule has 1 amide bonds. The van der Waals surface area contributed by atoms with Crippen LogP contribution >= 0.6 is 11.3 Å². The van der Waals surface area contributed by atoms with Gasteiger partial charge >= 0.3 is 5.97 Å². The van der Waals surface area contributed by atoms with Gasteiger partial charge in [0.2, 0.25) is 5.91 Å². The number of nitrogens with zero attached hydrogens (tertiary/aromatic N) is 1. The number of aryl methyl sites for hydroxylation is 1. The highest BCUT2D eigenvalue weighted by molar-refractivity contribution is 7.17. The number of para-hydroxylation sites is 1. The molecule has 2 rings (SSSR count). The van der Waals surface area contributed by atoms with Crippen LogP contribution in [0.2, 0.25) is 0 Å². The standard InChI is InChI=1S/C17H20N2O4S/c1-3-22-16(21)15-12(2)18-17(24-15)19-14(20)10-7-11-23-13-8-5-4-6-9-13/h4-6,8-9H,3,7,10-11H2,1-2H3,(H,18,19,20). The molecule has 0 unspecified atom stereocenters. The summed E-state index contributed by atoms with van der Waals surface area (Å²) in [6, 6.07) is 9.45. The molecular formula is C17H20N2O4S. The number of hydrogen-bond acceptors (Lipinski definition) is 6. The zero-order chi connectivity index (χ0) is 17.4. The van der Waals surface area contributed by atoms with Gasteiger partial charge in [-0.25, -0.2) is 9.78 Å². The first-order valence-corrected chi connectivity index (χ1v) is 8.54. The van der Waals surface area contributed by atoms with Crippen LogP contribution in [0.25, 0.3) is 0 Å². The zero-order valence-electron chi connectivity index (χ0n) is 13.7. The Kier molecular flexibility index (Phi) is 6.74. The third-order valence-electron chi connectivity index (χ3n) is 3.06. The predicted octanol–water partition coefficient (Wildman–Crippen LogP) is 3.43. The fourth-order valence-corrected chi connectivity index (χ4v) is 2.83. The van der Waals surface area contributed by atoms with E-state index in [2.05, 4.69) is 10.3 Å². The summed E-state index contributed by atoms with van der Waals surface area (Å²) in [5.74, 6) is 0.215. The van der Waals surface area contributed by atoms with Gasteiger partial charge in [-0.05, 0) is 32.4 Å². The van der Waals surface area contributed by atoms with Gasteiger partial charge in [0.15, 0.2) is 5.13 Å². The maximum absolute atomic E-state index is 11.9. The van der Waals surface area contributed by atoms with Gasteiger partial charge in [0.1, 0.15) is 10.6 Å². The van der Waals surface area contributed by atoms with Crippen molar-refractivity contribution in [2.75, 3.05) is 18.5 Å². The Hall–Kier alpha value is -2.41. The molecule has 1 N–H and O–H groups in total. The van der Waals surface area contributed by atoms with E-state index in [0.717, 1.165) is 17.1 Å². The number of carbonyl (C=O) groups excluding carboxylic acids is 2. The normalized spacial score (nSPS) is 10.2. The van der Waals surface area contributed by atoms with Gasteiger partial charge in [-0.1, -0.05) is 29.5 Å². The second-order valence-electron chi connectivity index (χ2n) is 4.97. The maximum atomic E-state index is 11.9. The minimum atomic E-state index is -0.413. The van der Waals surface area contributed by atoms with Crippen LogP contribution in [0.3, 0.4) is 0 Å². The summed E-state index contributed by atoms with van der Waals surface area (Å²) in [5, 5.41) is 3.11. The van der Waals surface area contributed by atoms with Crippen LogP contribution in [-0.2, 0) is 9.53 Å². The van der Waals surface area contributed by atoms with Crippen LogP contribution in [0.15, 0.2) is 30.3 Å². The van der Waals surface area contributed by atoms with Crippen molar-refractivity contribution < 1.29 is 19.1 Å². The van der Waals surface area contributed by atoms with Crippen molar-refractivity contribution in [3.8, 4) is 5.75 Å². The highest BCUT2D eigenvalue weighted by Gasteiger charge is 2.17. The predicted molar refractivity (Wildman–Crippen MR) is 92.6 cm³/mol. The summed E-state index contributed by atoms with van der Waals surface area (Å²) in [6.45, 7) is 4.22. The Morgan fingerprint density at radius 1 is 1.25 bits per heavy atom. The number of aromatic nitrogens is 1. The van der Waals surface area contributed by atoms with E-state index in [1.807, 2.05) is 30.3 Å². The van der Waals surface area contributed by atoms with Crippen LogP contribution < -0.4 is 10.1 Å². The maximum Gasteiger partial charge on any atom is 0.350 e. The first-order chi connectivity index (χ1) is 11.6. The van der Waals surface area contributed by atoms with Crippen molar-refractivity contribution in [2.45, 2.75) is 26.7 Å². The molecule has 6 nitrogen and oxygen atoms in total. The highest BCUT2D eigenvalue weighted by Crippen LogP contribution is 2.23. The van der Waals surface area contributed by atoms with Gasteiger partial charge in [-0.3, -0.25) is 4.79 Å². The fourth-order valence-electron chi connectivity index (χ4n) is 1.96. The molecule has 1 aromatic heterocycles. The van der Waals surface area contributed by atoms with Gasteiger partial charge in [0.25, 0.3) is 0 Å². The van der Waals surface area contributed by atoms with E-state index in [-0.39, 0.29) is 5.91 Å². The second kappa shape index (κ2) is 9.02. The summed E-state index contributed by atoms with van der Waals surface area (Å²) in [6.07, 6.45) is 0.913. The van der Waals surface area contributed by atoms with E-state index in [0.29, 0.717) is 41.8 Å². The average molecular weight is 348 g/mol. The SMILES string of the molecule is CCOC(=O)c1sc(NC(=O)CCCOc2ccccc2)nc1C. The number of carbonyl (C=O) groups is 2. The summed E-state index contributed by atoms with van der Waals surface area (Å²) >= 11 is 1.12. The van der Waals surface area contributed by atoms with Crippen molar-refractivity contribution in [1.29, 1.82) is 0 Å². The zero-order valence-corrected chi connectivity index (χ0v) is 14.5. The molecule has 24 heavy (non-hydrogen) atoms. The fraction of sp³-hybridized carbons (Fsp3) is 0.353. The summed E-state index contributed by atoms with van der Waals surface area (Å²) < 4.78 is 10.5. The van der Waals surface area contributed by atoms with E-state index in [1.165, 1.54) is 0 Å². The molecule has 0 saturated carbocycles. The largest absolute Gasteiger partial charge is 0.494 e. The lowest BCUT2D eigenvalue weighted by molar-refractivity contribution is -0.116. The molecule has 0 aliphatic carbocycles. The van der Waals surface area contributed by atoms with E-state index in [9.17, 15) is 9.59 Å². The van der Waals surface area contributed by atoms with Crippen molar-refractivity contribution in [2.24, 2.45) is 0 Å². The number of thiazole rings is 1. The molecule has 0 atom stereocenters. The molecule has 0 spiro atoms. The number of benzene rings is 1. The topological polar surface area (TPSA) is 77.5 Å². The molecule has 0 bridgehead atoms. The monoisotopic (exact) mass is 348 g/mol. The molecule has 0 fully saturated rings. The van der Waals surface area contributed by atoms with E-state index < -0.39 is 5.97 Å². The number of rotatable bonds is 8. The second-order valence-corrected chi connectivity index (χ2v) is 5.97. The molecule has 0 aliphatic heterocycles.